The van der Waals surface area contributed by atoms with Crippen molar-refractivity contribution in [2.45, 2.75) is 52.1 Å². The van der Waals surface area contributed by atoms with Crippen LogP contribution in [0.15, 0.2) is 11.0 Å². The van der Waals surface area contributed by atoms with Crippen molar-refractivity contribution >= 4 is 0 Å². The summed E-state index contributed by atoms with van der Waals surface area (Å²) >= 11 is 0. The molecule has 1 aromatic rings. The molecule has 2 unspecified atom stereocenters. The molecular formula is C12H20N2O3. The second-order valence-electron chi connectivity index (χ2n) is 4.58. The lowest BCUT2D eigenvalue weighted by atomic mass is 9.99. The van der Waals surface area contributed by atoms with Crippen LogP contribution in [0, 0.1) is 0 Å². The highest BCUT2D eigenvalue weighted by Crippen LogP contribution is 2.22. The molecule has 0 saturated heterocycles. The zero-order chi connectivity index (χ0) is 13.2. The van der Waals surface area contributed by atoms with Gasteiger partial charge in [0.05, 0.1) is 6.20 Å². The first-order valence-electron chi connectivity index (χ1n) is 5.89. The lowest BCUT2D eigenvalue weighted by molar-refractivity contribution is 0.0188. The van der Waals surface area contributed by atoms with Crippen LogP contribution in [0.4, 0.5) is 0 Å². The first kappa shape index (κ1) is 13.7. The Labute approximate surface area is 101 Å². The lowest BCUT2D eigenvalue weighted by Crippen LogP contribution is -2.34. The monoisotopic (exact) mass is 240 g/mol. The number of hydrogen-bond donors (Lipinski definition) is 2. The van der Waals surface area contributed by atoms with E-state index in [4.69, 9.17) is 0 Å². The van der Waals surface area contributed by atoms with Gasteiger partial charge in [0, 0.05) is 5.92 Å². The molecule has 2 N–H and O–H groups in total. The Hall–Kier alpha value is -1.36. The predicted octanol–water partition coefficient (Wildman–Crippen LogP) is 1.61. The molecule has 0 bridgehead atoms. The Balaban J connectivity index is 3.35. The van der Waals surface area contributed by atoms with Crippen LogP contribution in [0.25, 0.3) is 0 Å². The fourth-order valence-electron chi connectivity index (χ4n) is 1.54. The first-order valence-corrected chi connectivity index (χ1v) is 5.89. The summed E-state index contributed by atoms with van der Waals surface area (Å²) in [6.07, 6.45) is 2.52. The van der Waals surface area contributed by atoms with E-state index in [1.807, 2.05) is 13.8 Å². The maximum atomic E-state index is 11.9. The van der Waals surface area contributed by atoms with Gasteiger partial charge in [-0.3, -0.25) is 9.78 Å². The molecule has 0 amide bonds. The van der Waals surface area contributed by atoms with Gasteiger partial charge in [0.25, 0.3) is 0 Å². The largest absolute Gasteiger partial charge is 0.425 e. The van der Waals surface area contributed by atoms with Gasteiger partial charge in [0.1, 0.15) is 17.0 Å². The molecule has 0 aliphatic rings. The third-order valence-electron chi connectivity index (χ3n) is 3.29. The van der Waals surface area contributed by atoms with Gasteiger partial charge in [0.2, 0.25) is 0 Å². The third kappa shape index (κ3) is 2.49. The minimum absolute atomic E-state index is 0.0125. The van der Waals surface area contributed by atoms with Crippen molar-refractivity contribution < 1.29 is 10.3 Å². The fourth-order valence-corrected chi connectivity index (χ4v) is 1.54. The van der Waals surface area contributed by atoms with E-state index in [9.17, 15) is 15.1 Å². The topological polar surface area (TPSA) is 75.3 Å². The summed E-state index contributed by atoms with van der Waals surface area (Å²) in [5.74, 6) is -0.0125. The highest BCUT2D eigenvalue weighted by atomic mass is 16.5. The number of nitrogens with zero attached hydrogens (tertiary/aromatic N) is 2. The van der Waals surface area contributed by atoms with Gasteiger partial charge in [0.15, 0.2) is 0 Å². The molecule has 1 heterocycles. The summed E-state index contributed by atoms with van der Waals surface area (Å²) in [4.78, 5) is 16.0. The summed E-state index contributed by atoms with van der Waals surface area (Å²) in [6, 6.07) is 0. The number of hydrogen-bond acceptors (Lipinski definition) is 4. The second-order valence-corrected chi connectivity index (χ2v) is 4.58. The standard InChI is InChI=1S/C12H20N2O3/c1-5-8(3)10-11(15)14(17)9(7-13-10)12(4,16)6-2/h7-8,16-17H,5-6H2,1-4H3. The number of aliphatic hydroxyl groups is 1. The van der Waals surface area contributed by atoms with Gasteiger partial charge in [-0.1, -0.05) is 20.8 Å². The van der Waals surface area contributed by atoms with E-state index in [0.29, 0.717) is 16.8 Å². The molecule has 5 nitrogen and oxygen atoms in total. The summed E-state index contributed by atoms with van der Waals surface area (Å²) in [6.45, 7) is 7.14. The Morgan fingerprint density at radius 3 is 2.59 bits per heavy atom. The van der Waals surface area contributed by atoms with E-state index in [1.54, 1.807) is 13.8 Å². The van der Waals surface area contributed by atoms with E-state index in [1.165, 1.54) is 6.20 Å². The Kier molecular flexibility index (Phi) is 3.93. The summed E-state index contributed by atoms with van der Waals surface area (Å²) in [5.41, 5.74) is -1.36. The van der Waals surface area contributed by atoms with Crippen molar-refractivity contribution in [2.24, 2.45) is 0 Å². The van der Waals surface area contributed by atoms with Crippen LogP contribution in [-0.4, -0.2) is 20.0 Å². The van der Waals surface area contributed by atoms with E-state index in [0.717, 1.165) is 6.42 Å². The van der Waals surface area contributed by atoms with Crippen LogP contribution < -0.4 is 5.56 Å². The molecule has 0 aliphatic carbocycles. The van der Waals surface area contributed by atoms with Crippen molar-refractivity contribution in [1.29, 1.82) is 0 Å². The number of aromatic nitrogens is 2. The summed E-state index contributed by atoms with van der Waals surface area (Å²) in [5, 5.41) is 19.8. The minimum Gasteiger partial charge on any atom is -0.425 e. The van der Waals surface area contributed by atoms with Gasteiger partial charge in [-0.25, -0.2) is 0 Å². The molecule has 1 aromatic heterocycles. The predicted molar refractivity (Wildman–Crippen MR) is 64.2 cm³/mol. The van der Waals surface area contributed by atoms with Crippen LogP contribution in [0.2, 0.25) is 0 Å². The average Bonchev–Trinajstić information content (AvgIpc) is 2.31. The smallest absolute Gasteiger partial charge is 0.305 e. The quantitative estimate of drug-likeness (QED) is 0.784. The van der Waals surface area contributed by atoms with E-state index < -0.39 is 11.2 Å². The molecule has 17 heavy (non-hydrogen) atoms. The van der Waals surface area contributed by atoms with Gasteiger partial charge < -0.3 is 10.3 Å². The van der Waals surface area contributed by atoms with Crippen LogP contribution in [0.1, 0.15) is 57.8 Å². The molecule has 0 aliphatic heterocycles. The van der Waals surface area contributed by atoms with Crippen molar-refractivity contribution in [3.63, 3.8) is 0 Å². The molecule has 0 fully saturated rings. The zero-order valence-electron chi connectivity index (χ0n) is 10.8. The Morgan fingerprint density at radius 2 is 2.12 bits per heavy atom. The van der Waals surface area contributed by atoms with E-state index in [-0.39, 0.29) is 11.6 Å². The molecule has 2 atom stereocenters. The van der Waals surface area contributed by atoms with Crippen LogP contribution in [0.3, 0.4) is 0 Å². The summed E-state index contributed by atoms with van der Waals surface area (Å²) < 4.78 is 0.512. The Bertz CT molecular complexity index is 452. The molecule has 0 radical (unpaired) electrons. The SMILES string of the molecule is CCC(C)c1ncc(C(C)(O)CC)n(O)c1=O. The van der Waals surface area contributed by atoms with Gasteiger partial charge in [-0.15, -0.1) is 4.73 Å². The molecular weight excluding hydrogens is 220 g/mol. The van der Waals surface area contributed by atoms with E-state index in [2.05, 4.69) is 4.98 Å². The normalized spacial score (nSPS) is 16.5. The van der Waals surface area contributed by atoms with Crippen molar-refractivity contribution in [2.75, 3.05) is 0 Å². The van der Waals surface area contributed by atoms with E-state index >= 15 is 0 Å². The summed E-state index contributed by atoms with van der Waals surface area (Å²) in [7, 11) is 0. The molecule has 96 valence electrons. The molecule has 0 saturated carbocycles. The Morgan fingerprint density at radius 1 is 1.53 bits per heavy atom. The first-order chi connectivity index (χ1) is 7.85. The van der Waals surface area contributed by atoms with Crippen molar-refractivity contribution in [3.05, 3.63) is 27.9 Å². The van der Waals surface area contributed by atoms with Crippen LogP contribution in [0.5, 0.6) is 0 Å². The minimum atomic E-state index is -1.26. The fraction of sp³-hybridized carbons (Fsp3) is 0.667. The molecule has 0 aromatic carbocycles. The third-order valence-corrected chi connectivity index (χ3v) is 3.29. The van der Waals surface area contributed by atoms with Gasteiger partial charge >= 0.3 is 5.56 Å². The second kappa shape index (κ2) is 4.87. The van der Waals surface area contributed by atoms with Crippen LogP contribution in [-0.2, 0) is 5.60 Å². The van der Waals surface area contributed by atoms with Crippen molar-refractivity contribution in [3.8, 4) is 0 Å². The molecule has 5 heteroatoms. The zero-order valence-corrected chi connectivity index (χ0v) is 10.8. The maximum absolute atomic E-state index is 11.9. The van der Waals surface area contributed by atoms with Crippen molar-refractivity contribution in [1.82, 2.24) is 9.71 Å². The highest BCUT2D eigenvalue weighted by molar-refractivity contribution is 5.13. The highest BCUT2D eigenvalue weighted by Gasteiger charge is 2.27. The number of rotatable bonds is 4. The lowest BCUT2D eigenvalue weighted by Gasteiger charge is -2.23. The molecule has 0 spiro atoms. The average molecular weight is 240 g/mol. The van der Waals surface area contributed by atoms with Gasteiger partial charge in [-0.2, -0.15) is 0 Å². The maximum Gasteiger partial charge on any atom is 0.305 e. The molecule has 1 rings (SSSR count). The van der Waals surface area contributed by atoms with Crippen LogP contribution >= 0.6 is 0 Å². The van der Waals surface area contributed by atoms with Gasteiger partial charge in [-0.05, 0) is 19.8 Å².